The number of esters is 1. The van der Waals surface area contributed by atoms with E-state index in [9.17, 15) is 25.2 Å². The number of carbonyl (C=O) groups excluding carboxylic acids is 2. The van der Waals surface area contributed by atoms with E-state index in [4.69, 9.17) is 0 Å². The van der Waals surface area contributed by atoms with Crippen LogP contribution in [0.3, 0.4) is 0 Å². The van der Waals surface area contributed by atoms with Crippen molar-refractivity contribution in [2.75, 3.05) is 7.11 Å². The second-order valence-electron chi connectivity index (χ2n) is 9.06. The van der Waals surface area contributed by atoms with E-state index in [1.165, 1.54) is 7.11 Å². The van der Waals surface area contributed by atoms with Gasteiger partial charge in [0, 0.05) is 61.6 Å². The van der Waals surface area contributed by atoms with Gasteiger partial charge in [-0.25, -0.2) is 24.7 Å². The lowest BCUT2D eigenvalue weighted by atomic mass is 9.70. The minimum absolute atomic E-state index is 0.00393. The standard InChI is InChI=1S/C14H15N3O3.C12H13N3O/c1-9-16-6-10(7-17-9)14(8-15)4-3-12(18)11(5-14)13(19)20-2;1-9-14-6-10(7-15-9)12(8-13)4-2-11(16)3-5-12/h6-7,18H,3-5H2,1-2H3;6-7H,2-5H2,1H3. The number of aliphatic hydroxyl groups is 1. The van der Waals surface area contributed by atoms with Gasteiger partial charge in [-0.1, -0.05) is 0 Å². The Hall–Kier alpha value is -4.18. The fourth-order valence-corrected chi connectivity index (χ4v) is 4.39. The Morgan fingerprint density at radius 3 is 1.78 bits per heavy atom. The van der Waals surface area contributed by atoms with E-state index < -0.39 is 16.8 Å². The molecule has 186 valence electrons. The molecule has 10 heteroatoms. The number of hydrogen-bond acceptors (Lipinski definition) is 10. The van der Waals surface area contributed by atoms with Gasteiger partial charge in [-0.15, -0.1) is 0 Å². The number of ketones is 1. The van der Waals surface area contributed by atoms with E-state index in [1.54, 1.807) is 31.7 Å². The first-order chi connectivity index (χ1) is 17.2. The summed E-state index contributed by atoms with van der Waals surface area (Å²) in [5, 5.41) is 28.7. The average Bonchev–Trinajstić information content (AvgIpc) is 2.91. The number of aromatic nitrogens is 4. The second-order valence-corrected chi connectivity index (χ2v) is 9.06. The van der Waals surface area contributed by atoms with Crippen LogP contribution in [0.4, 0.5) is 0 Å². The number of nitrogens with zero attached hydrogens (tertiary/aromatic N) is 6. The first-order valence-corrected chi connectivity index (χ1v) is 11.6. The molecular formula is C26H28N6O4. The molecule has 10 nitrogen and oxygen atoms in total. The molecule has 1 saturated carbocycles. The van der Waals surface area contributed by atoms with Crippen molar-refractivity contribution in [3.05, 3.63) is 58.9 Å². The molecule has 1 unspecified atom stereocenters. The Kier molecular flexibility index (Phi) is 8.11. The Morgan fingerprint density at radius 1 is 0.889 bits per heavy atom. The molecule has 2 aliphatic carbocycles. The van der Waals surface area contributed by atoms with Crippen molar-refractivity contribution in [3.63, 3.8) is 0 Å². The van der Waals surface area contributed by atoms with Gasteiger partial charge in [-0.2, -0.15) is 10.5 Å². The second kappa shape index (κ2) is 11.0. The van der Waals surface area contributed by atoms with Crippen LogP contribution in [0.5, 0.6) is 0 Å². The van der Waals surface area contributed by atoms with Gasteiger partial charge < -0.3 is 9.84 Å². The molecule has 1 atom stereocenters. The number of hydrogen-bond donors (Lipinski definition) is 1. The summed E-state index contributed by atoms with van der Waals surface area (Å²) in [6.45, 7) is 3.57. The van der Waals surface area contributed by atoms with Gasteiger partial charge in [0.05, 0.1) is 35.7 Å². The number of Topliss-reactive ketones (excluding diaryl/α,β-unsaturated/α-hetero) is 1. The number of rotatable bonds is 3. The van der Waals surface area contributed by atoms with Gasteiger partial charge >= 0.3 is 5.97 Å². The first-order valence-electron chi connectivity index (χ1n) is 11.6. The predicted octanol–water partition coefficient (Wildman–Crippen LogP) is 3.40. The number of allylic oxidation sites excluding steroid dienone is 1. The van der Waals surface area contributed by atoms with Crippen molar-refractivity contribution in [2.24, 2.45) is 0 Å². The summed E-state index contributed by atoms with van der Waals surface area (Å²) in [6.07, 6.45) is 9.56. The average molecular weight is 489 g/mol. The molecule has 4 rings (SSSR count). The molecule has 2 aromatic rings. The number of nitriles is 2. The molecule has 0 amide bonds. The topological polar surface area (TPSA) is 163 Å². The van der Waals surface area contributed by atoms with Gasteiger partial charge in [-0.05, 0) is 33.1 Å². The number of ether oxygens (including phenoxy) is 1. The Bertz CT molecular complexity index is 1230. The maximum atomic E-state index is 11.7. The molecule has 0 saturated heterocycles. The van der Waals surface area contributed by atoms with E-state index in [1.807, 2.05) is 6.92 Å². The number of methoxy groups -OCH3 is 1. The summed E-state index contributed by atoms with van der Waals surface area (Å²) in [5.41, 5.74) is 0.193. The molecule has 1 N–H and O–H groups in total. The van der Waals surface area contributed by atoms with Gasteiger partial charge in [0.2, 0.25) is 0 Å². The zero-order chi connectivity index (χ0) is 26.3. The molecule has 2 aromatic heterocycles. The highest BCUT2D eigenvalue weighted by Crippen LogP contribution is 2.41. The van der Waals surface area contributed by atoms with Crippen molar-refractivity contribution in [1.29, 1.82) is 10.5 Å². The highest BCUT2D eigenvalue weighted by molar-refractivity contribution is 5.89. The summed E-state index contributed by atoms with van der Waals surface area (Å²) in [7, 11) is 1.25. The fourth-order valence-electron chi connectivity index (χ4n) is 4.39. The minimum Gasteiger partial charge on any atom is -0.512 e. The Balaban J connectivity index is 0.000000205. The van der Waals surface area contributed by atoms with Crippen molar-refractivity contribution in [1.82, 2.24) is 19.9 Å². The molecule has 1 fully saturated rings. The highest BCUT2D eigenvalue weighted by Gasteiger charge is 2.41. The van der Waals surface area contributed by atoms with Gasteiger partial charge in [-0.3, -0.25) is 4.79 Å². The lowest BCUT2D eigenvalue weighted by Crippen LogP contribution is -2.31. The van der Waals surface area contributed by atoms with Crippen LogP contribution >= 0.6 is 0 Å². The SMILES string of the molecule is COC(=O)C1=C(O)CCC(C#N)(c2cnc(C)nc2)C1.Cc1ncc(C2(C#N)CCC(=O)CC2)cn1. The smallest absolute Gasteiger partial charge is 0.337 e. The summed E-state index contributed by atoms with van der Waals surface area (Å²) >= 11 is 0. The van der Waals surface area contributed by atoms with Gasteiger partial charge in [0.1, 0.15) is 23.2 Å². The third-order valence-corrected chi connectivity index (χ3v) is 6.80. The molecule has 2 aliphatic rings. The molecular weight excluding hydrogens is 460 g/mol. The summed E-state index contributed by atoms with van der Waals surface area (Å²) in [4.78, 5) is 39.3. The molecule has 0 aromatic carbocycles. The van der Waals surface area contributed by atoms with Gasteiger partial charge in [0.15, 0.2) is 0 Å². The third kappa shape index (κ3) is 5.55. The van der Waals surface area contributed by atoms with E-state index in [2.05, 4.69) is 36.8 Å². The Morgan fingerprint density at radius 2 is 1.33 bits per heavy atom. The van der Waals surface area contributed by atoms with E-state index >= 15 is 0 Å². The molecule has 2 heterocycles. The largest absolute Gasteiger partial charge is 0.512 e. The van der Waals surface area contributed by atoms with Crippen molar-refractivity contribution in [3.8, 4) is 12.1 Å². The number of aliphatic hydroxyl groups excluding tert-OH is 1. The van der Waals surface area contributed by atoms with E-state index in [0.717, 1.165) is 5.56 Å². The quantitative estimate of drug-likeness (QED) is 0.633. The Labute approximate surface area is 209 Å². The number of aryl methyl sites for hydroxylation is 2. The first kappa shape index (κ1) is 26.4. The summed E-state index contributed by atoms with van der Waals surface area (Å²) in [6, 6.07) is 4.59. The van der Waals surface area contributed by atoms with Crippen LogP contribution in [-0.4, -0.2) is 43.9 Å². The summed E-state index contributed by atoms with van der Waals surface area (Å²) < 4.78 is 4.66. The molecule has 0 spiro atoms. The maximum absolute atomic E-state index is 11.7. The maximum Gasteiger partial charge on any atom is 0.337 e. The minimum atomic E-state index is -0.899. The lowest BCUT2D eigenvalue weighted by Gasteiger charge is -2.31. The molecule has 0 bridgehead atoms. The third-order valence-electron chi connectivity index (χ3n) is 6.80. The zero-order valence-corrected chi connectivity index (χ0v) is 20.6. The monoisotopic (exact) mass is 488 g/mol. The predicted molar refractivity (Wildman–Crippen MR) is 127 cm³/mol. The van der Waals surface area contributed by atoms with Crippen LogP contribution in [-0.2, 0) is 25.2 Å². The molecule has 0 aliphatic heterocycles. The van der Waals surface area contributed by atoms with E-state index in [-0.39, 0.29) is 30.0 Å². The fraction of sp³-hybridized carbons (Fsp3) is 0.462. The van der Waals surface area contributed by atoms with Crippen LogP contribution in [0.2, 0.25) is 0 Å². The van der Waals surface area contributed by atoms with Crippen LogP contribution in [0.25, 0.3) is 0 Å². The molecule has 36 heavy (non-hydrogen) atoms. The normalized spacial score (nSPS) is 20.9. The van der Waals surface area contributed by atoms with Crippen LogP contribution in [0.15, 0.2) is 36.1 Å². The van der Waals surface area contributed by atoms with Crippen molar-refractivity contribution < 1.29 is 19.4 Å². The van der Waals surface area contributed by atoms with Crippen molar-refractivity contribution in [2.45, 2.75) is 69.6 Å². The highest BCUT2D eigenvalue weighted by atomic mass is 16.5. The zero-order valence-electron chi connectivity index (χ0n) is 20.6. The van der Waals surface area contributed by atoms with E-state index in [0.29, 0.717) is 49.3 Å². The van der Waals surface area contributed by atoms with Crippen LogP contribution < -0.4 is 0 Å². The van der Waals surface area contributed by atoms with Crippen LogP contribution in [0, 0.1) is 36.5 Å². The van der Waals surface area contributed by atoms with Crippen molar-refractivity contribution >= 4 is 11.8 Å². The number of carbonyl (C=O) groups is 2. The van der Waals surface area contributed by atoms with Crippen LogP contribution in [0.1, 0.15) is 67.7 Å². The molecule has 0 radical (unpaired) electrons. The summed E-state index contributed by atoms with van der Waals surface area (Å²) in [5.74, 6) is 0.956. The lowest BCUT2D eigenvalue weighted by molar-refractivity contribution is -0.136. The van der Waals surface area contributed by atoms with Gasteiger partial charge in [0.25, 0.3) is 0 Å².